The average Bonchev–Trinajstić information content (AvgIpc) is 2.19. The van der Waals surface area contributed by atoms with E-state index in [9.17, 15) is 4.79 Å². The van der Waals surface area contributed by atoms with Gasteiger partial charge in [0.1, 0.15) is 5.75 Å². The van der Waals surface area contributed by atoms with Gasteiger partial charge in [0.05, 0.1) is 18.0 Å². The maximum atomic E-state index is 11.4. The first-order valence-electron chi connectivity index (χ1n) is 4.37. The zero-order valence-corrected chi connectivity index (χ0v) is 8.85. The molecule has 4 heteroatoms. The molecule has 74 valence electrons. The highest BCUT2D eigenvalue weighted by Crippen LogP contribution is 2.40. The Kier molecular flexibility index (Phi) is 2.37. The summed E-state index contributed by atoms with van der Waals surface area (Å²) in [5, 5.41) is 2.81. The molecule has 1 amide bonds. The summed E-state index contributed by atoms with van der Waals surface area (Å²) in [6, 6.07) is 5.75. The van der Waals surface area contributed by atoms with Gasteiger partial charge in [-0.15, -0.1) is 11.8 Å². The molecule has 14 heavy (non-hydrogen) atoms. The van der Waals surface area contributed by atoms with Gasteiger partial charge < -0.3 is 10.1 Å². The fraction of sp³-hybridized carbons (Fsp3) is 0.300. The number of ether oxygens (including phenoxy) is 1. The van der Waals surface area contributed by atoms with E-state index in [1.54, 1.807) is 18.9 Å². The molecule has 3 nitrogen and oxygen atoms in total. The molecule has 1 unspecified atom stereocenters. The lowest BCUT2D eigenvalue weighted by molar-refractivity contribution is -0.115. The Morgan fingerprint density at radius 2 is 2.29 bits per heavy atom. The minimum Gasteiger partial charge on any atom is -0.495 e. The largest absolute Gasteiger partial charge is 0.495 e. The molecular weight excluding hydrogens is 198 g/mol. The maximum absolute atomic E-state index is 11.4. The van der Waals surface area contributed by atoms with Crippen molar-refractivity contribution in [2.75, 3.05) is 12.4 Å². The van der Waals surface area contributed by atoms with Crippen LogP contribution in [0.5, 0.6) is 5.75 Å². The number of para-hydroxylation sites is 1. The molecule has 1 aliphatic rings. The molecule has 2 rings (SSSR count). The van der Waals surface area contributed by atoms with Gasteiger partial charge in [-0.05, 0) is 19.1 Å². The summed E-state index contributed by atoms with van der Waals surface area (Å²) in [6.07, 6.45) is 0. The molecule has 0 spiro atoms. The molecule has 0 saturated carbocycles. The number of thioether (sulfide) groups is 1. The highest BCUT2D eigenvalue weighted by Gasteiger charge is 2.24. The summed E-state index contributed by atoms with van der Waals surface area (Å²) in [5.74, 6) is 0.752. The normalized spacial score (nSPS) is 19.9. The van der Waals surface area contributed by atoms with Crippen molar-refractivity contribution in [1.29, 1.82) is 0 Å². The third-order valence-corrected chi connectivity index (χ3v) is 3.29. The zero-order valence-electron chi connectivity index (χ0n) is 8.03. The minimum atomic E-state index is -0.0328. The van der Waals surface area contributed by atoms with Crippen molar-refractivity contribution in [1.82, 2.24) is 0 Å². The average molecular weight is 209 g/mol. The van der Waals surface area contributed by atoms with Crippen LogP contribution >= 0.6 is 11.8 Å². The highest BCUT2D eigenvalue weighted by molar-refractivity contribution is 8.01. The summed E-state index contributed by atoms with van der Waals surface area (Å²) < 4.78 is 5.17. The Balaban J connectivity index is 2.46. The van der Waals surface area contributed by atoms with E-state index >= 15 is 0 Å². The van der Waals surface area contributed by atoms with Gasteiger partial charge in [0.25, 0.3) is 0 Å². The van der Waals surface area contributed by atoms with Crippen molar-refractivity contribution in [2.45, 2.75) is 17.1 Å². The van der Waals surface area contributed by atoms with Crippen LogP contribution in [0.3, 0.4) is 0 Å². The van der Waals surface area contributed by atoms with E-state index in [2.05, 4.69) is 5.32 Å². The van der Waals surface area contributed by atoms with Crippen LogP contribution in [0.4, 0.5) is 5.69 Å². The van der Waals surface area contributed by atoms with Gasteiger partial charge in [-0.1, -0.05) is 6.07 Å². The summed E-state index contributed by atoms with van der Waals surface area (Å²) in [4.78, 5) is 12.5. The predicted molar refractivity (Wildman–Crippen MR) is 56.9 cm³/mol. The summed E-state index contributed by atoms with van der Waals surface area (Å²) in [7, 11) is 1.60. The lowest BCUT2D eigenvalue weighted by Gasteiger charge is -2.22. The molecular formula is C10H11NO2S. The van der Waals surface area contributed by atoms with Crippen molar-refractivity contribution < 1.29 is 9.53 Å². The second-order valence-electron chi connectivity index (χ2n) is 3.08. The zero-order chi connectivity index (χ0) is 10.1. The Morgan fingerprint density at radius 3 is 3.00 bits per heavy atom. The maximum Gasteiger partial charge on any atom is 0.237 e. The standard InChI is InChI=1S/C10H11NO2S/c1-6-10(12)11-9-7(13-2)4-3-5-8(9)14-6/h3-6H,1-2H3,(H,11,12). The van der Waals surface area contributed by atoms with Crippen LogP contribution in [0.25, 0.3) is 0 Å². The van der Waals surface area contributed by atoms with E-state index < -0.39 is 0 Å². The van der Waals surface area contributed by atoms with Crippen LogP contribution in [-0.4, -0.2) is 18.3 Å². The topological polar surface area (TPSA) is 38.3 Å². The first-order chi connectivity index (χ1) is 6.72. The number of methoxy groups -OCH3 is 1. The molecule has 0 radical (unpaired) electrons. The Labute approximate surface area is 86.8 Å². The third-order valence-electron chi connectivity index (χ3n) is 2.13. The first kappa shape index (κ1) is 9.40. The van der Waals surface area contributed by atoms with Gasteiger partial charge in [0, 0.05) is 4.90 Å². The third kappa shape index (κ3) is 1.46. The van der Waals surface area contributed by atoms with Gasteiger partial charge in [0.15, 0.2) is 0 Å². The van der Waals surface area contributed by atoms with Crippen molar-refractivity contribution in [3.63, 3.8) is 0 Å². The molecule has 1 N–H and O–H groups in total. The number of carbonyl (C=O) groups is 1. The molecule has 1 aromatic carbocycles. The van der Waals surface area contributed by atoms with Gasteiger partial charge in [-0.25, -0.2) is 0 Å². The number of hydrogen-bond donors (Lipinski definition) is 1. The fourth-order valence-corrected chi connectivity index (χ4v) is 2.34. The monoisotopic (exact) mass is 209 g/mol. The van der Waals surface area contributed by atoms with Crippen LogP contribution < -0.4 is 10.1 Å². The quantitative estimate of drug-likeness (QED) is 0.770. The smallest absolute Gasteiger partial charge is 0.237 e. The fourth-order valence-electron chi connectivity index (χ4n) is 1.37. The predicted octanol–water partition coefficient (Wildman–Crippen LogP) is 2.13. The lowest BCUT2D eigenvalue weighted by atomic mass is 10.2. The van der Waals surface area contributed by atoms with E-state index in [0.717, 1.165) is 16.3 Å². The Hall–Kier alpha value is -1.16. The summed E-state index contributed by atoms with van der Waals surface area (Å²) in [6.45, 7) is 1.89. The highest BCUT2D eigenvalue weighted by atomic mass is 32.2. The molecule has 0 aromatic heterocycles. The van der Waals surface area contributed by atoms with Crippen LogP contribution in [0.2, 0.25) is 0 Å². The SMILES string of the molecule is COc1cccc2c1NC(=O)C(C)S2. The summed E-state index contributed by atoms with van der Waals surface area (Å²) in [5.41, 5.74) is 0.795. The Bertz CT molecular complexity index is 378. The van der Waals surface area contributed by atoms with Crippen molar-refractivity contribution >= 4 is 23.4 Å². The van der Waals surface area contributed by atoms with E-state index in [-0.39, 0.29) is 11.2 Å². The first-order valence-corrected chi connectivity index (χ1v) is 5.25. The van der Waals surface area contributed by atoms with Crippen LogP contribution in [0.15, 0.2) is 23.1 Å². The lowest BCUT2D eigenvalue weighted by Crippen LogP contribution is -2.26. The second kappa shape index (κ2) is 3.53. The van der Waals surface area contributed by atoms with Gasteiger partial charge in [-0.2, -0.15) is 0 Å². The summed E-state index contributed by atoms with van der Waals surface area (Å²) >= 11 is 1.56. The number of carbonyl (C=O) groups excluding carboxylic acids is 1. The van der Waals surface area contributed by atoms with Crippen molar-refractivity contribution in [3.8, 4) is 5.75 Å². The molecule has 1 atom stereocenters. The van der Waals surface area contributed by atoms with E-state index in [1.807, 2.05) is 25.1 Å². The van der Waals surface area contributed by atoms with E-state index in [0.29, 0.717) is 0 Å². The number of rotatable bonds is 1. The Morgan fingerprint density at radius 1 is 1.50 bits per heavy atom. The number of amides is 1. The van der Waals surface area contributed by atoms with Crippen LogP contribution in [0, 0.1) is 0 Å². The number of hydrogen-bond acceptors (Lipinski definition) is 3. The molecule has 0 fully saturated rings. The number of fused-ring (bicyclic) bond motifs is 1. The number of nitrogens with one attached hydrogen (secondary N) is 1. The molecule has 0 aliphatic carbocycles. The van der Waals surface area contributed by atoms with Crippen LogP contribution in [0.1, 0.15) is 6.92 Å². The van der Waals surface area contributed by atoms with Crippen molar-refractivity contribution in [2.24, 2.45) is 0 Å². The minimum absolute atomic E-state index is 0.0328. The molecule has 1 heterocycles. The van der Waals surface area contributed by atoms with E-state index in [4.69, 9.17) is 4.74 Å². The molecule has 1 aliphatic heterocycles. The van der Waals surface area contributed by atoms with Gasteiger partial charge in [0.2, 0.25) is 5.91 Å². The van der Waals surface area contributed by atoms with Gasteiger partial charge >= 0.3 is 0 Å². The number of benzene rings is 1. The van der Waals surface area contributed by atoms with Crippen molar-refractivity contribution in [3.05, 3.63) is 18.2 Å². The number of anilines is 1. The van der Waals surface area contributed by atoms with Gasteiger partial charge in [-0.3, -0.25) is 4.79 Å². The second-order valence-corrected chi connectivity index (χ2v) is 4.47. The molecule has 1 aromatic rings. The van der Waals surface area contributed by atoms with Crippen LogP contribution in [-0.2, 0) is 4.79 Å². The molecule has 0 bridgehead atoms. The molecule has 0 saturated heterocycles. The van der Waals surface area contributed by atoms with E-state index in [1.165, 1.54) is 0 Å².